The highest BCUT2D eigenvalue weighted by Crippen LogP contribution is 2.39. The summed E-state index contributed by atoms with van der Waals surface area (Å²) in [5, 5.41) is 11.5. The average Bonchev–Trinajstić information content (AvgIpc) is 3.53. The first-order valence-electron chi connectivity index (χ1n) is 11.5. The molecule has 4 aromatic rings. The lowest BCUT2D eigenvalue weighted by molar-refractivity contribution is -0.119. The number of benzene rings is 2. The van der Waals surface area contributed by atoms with Crippen LogP contribution < -0.4 is 15.8 Å². The summed E-state index contributed by atoms with van der Waals surface area (Å²) in [6.07, 6.45) is 2.82. The summed E-state index contributed by atoms with van der Waals surface area (Å²) in [4.78, 5) is 45.3. The van der Waals surface area contributed by atoms with Crippen molar-refractivity contribution in [1.82, 2.24) is 20.0 Å². The molecule has 1 saturated carbocycles. The van der Waals surface area contributed by atoms with Gasteiger partial charge in [0.15, 0.2) is 5.13 Å². The second-order valence-corrected chi connectivity index (χ2v) is 10.1. The van der Waals surface area contributed by atoms with Gasteiger partial charge in [0, 0.05) is 28.6 Å². The van der Waals surface area contributed by atoms with E-state index in [1.807, 2.05) is 24.0 Å². The van der Waals surface area contributed by atoms with E-state index < -0.39 is 5.91 Å². The number of nitrogens with zero attached hydrogens (tertiary/aromatic N) is 5. The fraction of sp³-hybridized carbons (Fsp3) is 0.280. The number of amides is 2. The first-order valence-corrected chi connectivity index (χ1v) is 12.3. The summed E-state index contributed by atoms with van der Waals surface area (Å²) >= 11 is 1.37. The number of hydrogen-bond donors (Lipinski definition) is 1. The van der Waals surface area contributed by atoms with Crippen LogP contribution in [0.1, 0.15) is 23.3 Å². The van der Waals surface area contributed by atoms with E-state index in [2.05, 4.69) is 26.7 Å². The van der Waals surface area contributed by atoms with Crippen LogP contribution in [0.2, 0.25) is 0 Å². The van der Waals surface area contributed by atoms with Gasteiger partial charge in [0.25, 0.3) is 5.56 Å². The summed E-state index contributed by atoms with van der Waals surface area (Å²) < 4.78 is 1.05. The van der Waals surface area contributed by atoms with Crippen molar-refractivity contribution < 1.29 is 9.59 Å². The second kappa shape index (κ2) is 8.38. The molecule has 2 aromatic carbocycles. The third-order valence-electron chi connectivity index (χ3n) is 6.41. The Labute approximate surface area is 204 Å². The number of aryl methyl sites for hydroxylation is 1. The van der Waals surface area contributed by atoms with Gasteiger partial charge in [-0.25, -0.2) is 9.67 Å². The van der Waals surface area contributed by atoms with Gasteiger partial charge in [-0.3, -0.25) is 14.4 Å². The molecule has 0 atom stereocenters. The molecule has 0 radical (unpaired) electrons. The minimum atomic E-state index is -0.403. The van der Waals surface area contributed by atoms with Gasteiger partial charge in [-0.15, -0.1) is 16.4 Å². The van der Waals surface area contributed by atoms with Crippen LogP contribution in [0.3, 0.4) is 0 Å². The summed E-state index contributed by atoms with van der Waals surface area (Å²) in [6.45, 7) is 2.43. The van der Waals surface area contributed by atoms with Crippen molar-refractivity contribution in [3.05, 3.63) is 63.3 Å². The van der Waals surface area contributed by atoms with Gasteiger partial charge in [0.2, 0.25) is 11.8 Å². The van der Waals surface area contributed by atoms with Gasteiger partial charge in [-0.2, -0.15) is 0 Å². The Hall–Kier alpha value is -3.92. The second-order valence-electron chi connectivity index (χ2n) is 8.90. The van der Waals surface area contributed by atoms with E-state index in [-0.39, 0.29) is 23.9 Å². The number of anilines is 2. The Morgan fingerprint density at radius 3 is 2.83 bits per heavy atom. The molecule has 0 bridgehead atoms. The Bertz CT molecular complexity index is 1550. The van der Waals surface area contributed by atoms with Crippen molar-refractivity contribution in [1.29, 1.82) is 0 Å². The minimum absolute atomic E-state index is 0.198. The largest absolute Gasteiger partial charge is 0.312 e. The quantitative estimate of drug-likeness (QED) is 0.464. The van der Waals surface area contributed by atoms with Gasteiger partial charge in [-0.1, -0.05) is 23.4 Å². The smallest absolute Gasteiger partial charge is 0.278 e. The maximum Gasteiger partial charge on any atom is 0.278 e. The number of carbonyl (C=O) groups is 2. The van der Waals surface area contributed by atoms with Crippen LogP contribution in [0.25, 0.3) is 22.2 Å². The first-order chi connectivity index (χ1) is 17.0. The van der Waals surface area contributed by atoms with Crippen molar-refractivity contribution >= 4 is 44.9 Å². The molecule has 0 spiro atoms. The van der Waals surface area contributed by atoms with Crippen LogP contribution in [-0.2, 0) is 22.6 Å². The van der Waals surface area contributed by atoms with Crippen LogP contribution in [-0.4, -0.2) is 38.3 Å². The van der Waals surface area contributed by atoms with Gasteiger partial charge in [0.05, 0.1) is 11.1 Å². The number of thiazole rings is 1. The van der Waals surface area contributed by atoms with Crippen molar-refractivity contribution in [2.45, 2.75) is 32.7 Å². The Morgan fingerprint density at radius 2 is 2.00 bits per heavy atom. The molecule has 3 heterocycles. The Kier molecular flexibility index (Phi) is 5.18. The van der Waals surface area contributed by atoms with Crippen LogP contribution >= 0.6 is 11.3 Å². The molecular weight excluding hydrogens is 464 g/mol. The fourth-order valence-electron chi connectivity index (χ4n) is 4.47. The molecule has 2 aliphatic rings. The molecule has 1 fully saturated rings. The van der Waals surface area contributed by atoms with Crippen LogP contribution in [0.15, 0.2) is 47.3 Å². The molecule has 0 saturated heterocycles. The molecule has 35 heavy (non-hydrogen) atoms. The zero-order valence-corrected chi connectivity index (χ0v) is 19.8. The molecule has 2 amide bonds. The lowest BCUT2D eigenvalue weighted by Gasteiger charge is -2.17. The molecule has 1 N–H and O–H groups in total. The number of fused-ring (bicyclic) bond motifs is 2. The summed E-state index contributed by atoms with van der Waals surface area (Å²) in [5.74, 6) is 0.0331. The molecule has 1 aliphatic heterocycles. The van der Waals surface area contributed by atoms with Gasteiger partial charge >= 0.3 is 0 Å². The van der Waals surface area contributed by atoms with E-state index in [4.69, 9.17) is 0 Å². The Balaban J connectivity index is 1.19. The highest BCUT2D eigenvalue weighted by molar-refractivity contribution is 7.16. The normalized spacial score (nSPS) is 14.8. The maximum atomic E-state index is 12.6. The molecule has 1 aliphatic carbocycles. The van der Waals surface area contributed by atoms with Gasteiger partial charge in [-0.05, 0) is 56.0 Å². The van der Waals surface area contributed by atoms with E-state index >= 15 is 0 Å². The number of carbonyl (C=O) groups excluding carboxylic acids is 2. The predicted octanol–water partition coefficient (Wildman–Crippen LogP) is 3.16. The van der Waals surface area contributed by atoms with Crippen molar-refractivity contribution in [3.63, 3.8) is 0 Å². The zero-order valence-electron chi connectivity index (χ0n) is 19.0. The zero-order chi connectivity index (χ0) is 24.1. The highest BCUT2D eigenvalue weighted by atomic mass is 32.1. The van der Waals surface area contributed by atoms with E-state index in [9.17, 15) is 14.4 Å². The standard InChI is InChI=1S/C25H22N6O3S/c1-14-22(17-8-9-20-16(12-17)10-11-30(20)23(33)15-6-7-15)27-25(35-14)26-21(32)13-31-24(34)18-4-2-3-5-19(18)28-29-31/h2-5,8-9,12,15H,6-7,10-11,13H2,1H3,(H,26,27,32). The highest BCUT2D eigenvalue weighted by Gasteiger charge is 2.36. The van der Waals surface area contributed by atoms with Crippen LogP contribution in [0.5, 0.6) is 0 Å². The lowest BCUT2D eigenvalue weighted by Crippen LogP contribution is -2.30. The molecular formula is C25H22N6O3S. The molecule has 6 rings (SSSR count). The number of hydrogen-bond acceptors (Lipinski definition) is 7. The fourth-order valence-corrected chi connectivity index (χ4v) is 5.32. The summed E-state index contributed by atoms with van der Waals surface area (Å²) in [5.41, 5.74) is 4.01. The topological polar surface area (TPSA) is 110 Å². The SMILES string of the molecule is Cc1sc(NC(=O)Cn2nnc3ccccc3c2=O)nc1-c1ccc2c(c1)CCN2C(=O)C1CC1. The van der Waals surface area contributed by atoms with E-state index in [0.29, 0.717) is 16.0 Å². The van der Waals surface area contributed by atoms with Crippen LogP contribution in [0, 0.1) is 12.8 Å². The van der Waals surface area contributed by atoms with Gasteiger partial charge < -0.3 is 10.2 Å². The lowest BCUT2D eigenvalue weighted by atomic mass is 10.1. The average molecular weight is 487 g/mol. The molecule has 0 unspecified atom stereocenters. The van der Waals surface area contributed by atoms with Crippen molar-refractivity contribution in [2.24, 2.45) is 5.92 Å². The van der Waals surface area contributed by atoms with Crippen molar-refractivity contribution in [3.8, 4) is 11.3 Å². The number of nitrogens with one attached hydrogen (secondary N) is 1. The molecule has 9 nitrogen and oxygen atoms in total. The van der Waals surface area contributed by atoms with Gasteiger partial charge in [0.1, 0.15) is 12.1 Å². The third-order valence-corrected chi connectivity index (χ3v) is 7.29. The van der Waals surface area contributed by atoms with E-state index in [0.717, 1.165) is 57.9 Å². The monoisotopic (exact) mass is 486 g/mol. The van der Waals surface area contributed by atoms with E-state index in [1.165, 1.54) is 11.3 Å². The van der Waals surface area contributed by atoms with Crippen molar-refractivity contribution in [2.75, 3.05) is 16.8 Å². The molecule has 2 aromatic heterocycles. The Morgan fingerprint density at radius 1 is 1.17 bits per heavy atom. The maximum absolute atomic E-state index is 12.6. The predicted molar refractivity (Wildman–Crippen MR) is 133 cm³/mol. The summed E-state index contributed by atoms with van der Waals surface area (Å²) in [7, 11) is 0. The molecule has 176 valence electrons. The summed E-state index contributed by atoms with van der Waals surface area (Å²) in [6, 6.07) is 13.0. The van der Waals surface area contributed by atoms with Crippen LogP contribution in [0.4, 0.5) is 10.8 Å². The third kappa shape index (κ3) is 3.99. The first kappa shape index (κ1) is 21.6. The minimum Gasteiger partial charge on any atom is -0.312 e. The number of aromatic nitrogens is 4. The van der Waals surface area contributed by atoms with E-state index in [1.54, 1.807) is 24.3 Å². The molecule has 10 heteroatoms. The number of rotatable bonds is 5.